The highest BCUT2D eigenvalue weighted by Gasteiger charge is 2.47. The molecule has 1 unspecified atom stereocenters. The minimum atomic E-state index is -0.201. The lowest BCUT2D eigenvalue weighted by molar-refractivity contribution is 0.0974. The predicted molar refractivity (Wildman–Crippen MR) is 132 cm³/mol. The number of pyridine rings is 1. The first kappa shape index (κ1) is 23.2. The molecule has 2 saturated heterocycles. The van der Waals surface area contributed by atoms with Gasteiger partial charge in [-0.1, -0.05) is 41.0 Å². The lowest BCUT2D eigenvalue weighted by Gasteiger charge is -2.42. The van der Waals surface area contributed by atoms with Crippen molar-refractivity contribution in [2.24, 2.45) is 11.1 Å². The molecule has 2 fully saturated rings. The number of nitrogens with zero attached hydrogens (tertiary/aromatic N) is 4. The number of aliphatic hydroxyl groups is 1. The molecule has 4 heterocycles. The van der Waals surface area contributed by atoms with Gasteiger partial charge in [0.2, 0.25) is 0 Å². The van der Waals surface area contributed by atoms with Crippen molar-refractivity contribution in [3.05, 3.63) is 45.7 Å². The molecule has 5 rings (SSSR count). The van der Waals surface area contributed by atoms with E-state index in [-0.39, 0.29) is 24.2 Å². The normalized spacial score (nSPS) is 22.5. The van der Waals surface area contributed by atoms with Crippen LogP contribution in [0.25, 0.3) is 5.65 Å². The summed E-state index contributed by atoms with van der Waals surface area (Å²) in [4.78, 5) is 4.12. The van der Waals surface area contributed by atoms with Crippen LogP contribution in [0.3, 0.4) is 0 Å². The second-order valence-electron chi connectivity index (χ2n) is 8.99. The highest BCUT2D eigenvalue weighted by atomic mass is 35.5. The minimum Gasteiger partial charge on any atom is -0.388 e. The fraction of sp³-hybridized carbons (Fsp3) is 0.478. The van der Waals surface area contributed by atoms with Gasteiger partial charge in [-0.15, -0.1) is 10.2 Å². The molecule has 7 nitrogen and oxygen atoms in total. The van der Waals surface area contributed by atoms with E-state index in [4.69, 9.17) is 33.7 Å². The van der Waals surface area contributed by atoms with Crippen molar-refractivity contribution < 1.29 is 9.84 Å². The van der Waals surface area contributed by atoms with Gasteiger partial charge >= 0.3 is 0 Å². The number of fused-ring (bicyclic) bond motifs is 1. The Labute approximate surface area is 207 Å². The fourth-order valence-electron chi connectivity index (χ4n) is 4.99. The molecule has 3 N–H and O–H groups in total. The number of benzene rings is 1. The number of halogens is 2. The van der Waals surface area contributed by atoms with Gasteiger partial charge < -0.3 is 20.5 Å². The van der Waals surface area contributed by atoms with Gasteiger partial charge in [-0.3, -0.25) is 4.40 Å². The Kier molecular flexibility index (Phi) is 6.26. The summed E-state index contributed by atoms with van der Waals surface area (Å²) in [6.45, 7) is 6.36. The summed E-state index contributed by atoms with van der Waals surface area (Å²) in [6, 6.07) is 7.78. The molecule has 0 radical (unpaired) electrons. The van der Waals surface area contributed by atoms with Crippen LogP contribution >= 0.6 is 35.0 Å². The molecule has 1 spiro atoms. The number of aliphatic hydroxyl groups excluding tert-OH is 1. The quantitative estimate of drug-likeness (QED) is 0.543. The lowest BCUT2D eigenvalue weighted by atomic mass is 9.73. The summed E-state index contributed by atoms with van der Waals surface area (Å²) in [6.07, 6.45) is 2.02. The Morgan fingerprint density at radius 1 is 1.27 bits per heavy atom. The van der Waals surface area contributed by atoms with E-state index in [0.717, 1.165) is 53.7 Å². The molecular formula is C23H27Cl2N5O2S. The van der Waals surface area contributed by atoms with Gasteiger partial charge in [-0.05, 0) is 50.5 Å². The van der Waals surface area contributed by atoms with E-state index in [1.54, 1.807) is 6.07 Å². The van der Waals surface area contributed by atoms with Crippen LogP contribution < -0.4 is 10.6 Å². The number of aryl methyl sites for hydroxylation is 1. The SMILES string of the molecule is Cc1cc(N2CCC3(CC2)CO[C@@H](C)C3N)n2c(CO)nnc2c1Sc1cccc(Cl)c1Cl. The number of hydrogen-bond acceptors (Lipinski definition) is 7. The Balaban J connectivity index is 1.51. The molecule has 1 aromatic carbocycles. The van der Waals surface area contributed by atoms with Crippen molar-refractivity contribution in [3.63, 3.8) is 0 Å². The van der Waals surface area contributed by atoms with Crippen molar-refractivity contribution in [1.29, 1.82) is 0 Å². The van der Waals surface area contributed by atoms with Crippen LogP contribution in [-0.2, 0) is 11.3 Å². The first-order chi connectivity index (χ1) is 15.8. The van der Waals surface area contributed by atoms with E-state index in [1.807, 2.05) is 16.5 Å². The van der Waals surface area contributed by atoms with Gasteiger partial charge in [0.05, 0.1) is 27.7 Å². The second-order valence-corrected chi connectivity index (χ2v) is 10.8. The Hall–Kier alpha value is -1.55. The van der Waals surface area contributed by atoms with Crippen LogP contribution in [0.1, 0.15) is 31.2 Å². The van der Waals surface area contributed by atoms with Crippen molar-refractivity contribution in [3.8, 4) is 0 Å². The molecule has 0 aliphatic carbocycles. The molecule has 2 aliphatic rings. The average Bonchev–Trinajstić information content (AvgIpc) is 3.36. The molecule has 33 heavy (non-hydrogen) atoms. The van der Waals surface area contributed by atoms with Crippen molar-refractivity contribution in [2.75, 3.05) is 24.6 Å². The van der Waals surface area contributed by atoms with Gasteiger partial charge in [0.15, 0.2) is 11.5 Å². The highest BCUT2D eigenvalue weighted by molar-refractivity contribution is 7.99. The predicted octanol–water partition coefficient (Wildman–Crippen LogP) is 4.32. The van der Waals surface area contributed by atoms with Crippen LogP contribution in [0.4, 0.5) is 5.82 Å². The summed E-state index contributed by atoms with van der Waals surface area (Å²) < 4.78 is 7.84. The van der Waals surface area contributed by atoms with Crippen LogP contribution in [0.2, 0.25) is 10.0 Å². The monoisotopic (exact) mass is 507 g/mol. The number of aromatic nitrogens is 3. The summed E-state index contributed by atoms with van der Waals surface area (Å²) in [5.41, 5.74) is 8.30. The smallest absolute Gasteiger partial charge is 0.176 e. The van der Waals surface area contributed by atoms with Crippen LogP contribution in [0.15, 0.2) is 34.1 Å². The minimum absolute atomic E-state index is 0.0379. The summed E-state index contributed by atoms with van der Waals surface area (Å²) in [7, 11) is 0. The maximum Gasteiger partial charge on any atom is 0.176 e. The lowest BCUT2D eigenvalue weighted by Crippen LogP contribution is -2.51. The van der Waals surface area contributed by atoms with Crippen molar-refractivity contribution in [1.82, 2.24) is 14.6 Å². The second kappa shape index (κ2) is 8.91. The molecule has 0 bridgehead atoms. The molecule has 2 atom stereocenters. The Bertz CT molecular complexity index is 1200. The number of piperidine rings is 1. The first-order valence-electron chi connectivity index (χ1n) is 11.1. The number of hydrogen-bond donors (Lipinski definition) is 2. The molecule has 10 heteroatoms. The fourth-order valence-corrected chi connectivity index (χ4v) is 6.47. The van der Waals surface area contributed by atoms with Crippen LogP contribution in [0.5, 0.6) is 0 Å². The molecule has 0 amide bonds. The molecular weight excluding hydrogens is 481 g/mol. The number of anilines is 1. The number of ether oxygens (including phenoxy) is 1. The molecule has 0 saturated carbocycles. The van der Waals surface area contributed by atoms with E-state index in [0.29, 0.717) is 21.5 Å². The summed E-state index contributed by atoms with van der Waals surface area (Å²) in [5.74, 6) is 1.49. The van der Waals surface area contributed by atoms with Gasteiger partial charge in [0.25, 0.3) is 0 Å². The van der Waals surface area contributed by atoms with E-state index in [1.165, 1.54) is 11.8 Å². The van der Waals surface area contributed by atoms with E-state index >= 15 is 0 Å². The third-order valence-corrected chi connectivity index (χ3v) is 9.27. The molecule has 2 aromatic heterocycles. The zero-order chi connectivity index (χ0) is 23.3. The zero-order valence-electron chi connectivity index (χ0n) is 18.6. The third kappa shape index (κ3) is 3.90. The van der Waals surface area contributed by atoms with Crippen molar-refractivity contribution in [2.45, 2.75) is 55.2 Å². The number of rotatable bonds is 4. The maximum atomic E-state index is 9.99. The molecule has 176 valence electrons. The van der Waals surface area contributed by atoms with Gasteiger partial charge in [0.1, 0.15) is 12.4 Å². The van der Waals surface area contributed by atoms with Crippen molar-refractivity contribution >= 4 is 46.4 Å². The Morgan fingerprint density at radius 3 is 2.70 bits per heavy atom. The first-order valence-corrected chi connectivity index (χ1v) is 12.6. The largest absolute Gasteiger partial charge is 0.388 e. The number of nitrogens with two attached hydrogens (primary N) is 1. The average molecular weight is 508 g/mol. The van der Waals surface area contributed by atoms with E-state index in [9.17, 15) is 5.11 Å². The van der Waals surface area contributed by atoms with E-state index < -0.39 is 0 Å². The summed E-state index contributed by atoms with van der Waals surface area (Å²) >= 11 is 14.2. The van der Waals surface area contributed by atoms with Crippen LogP contribution in [0, 0.1) is 12.3 Å². The Morgan fingerprint density at radius 2 is 2.03 bits per heavy atom. The summed E-state index contributed by atoms with van der Waals surface area (Å²) in [5, 5.41) is 19.7. The maximum absolute atomic E-state index is 9.99. The topological polar surface area (TPSA) is 88.9 Å². The molecule has 3 aromatic rings. The standard InChI is InChI=1S/C23H27Cl2N5O2S/c1-13-10-18(29-8-6-23(7-9-29)12-32-14(2)21(23)26)30-17(11-31)27-28-22(30)20(13)33-16-5-3-4-15(24)19(16)25/h3-5,10,14,21,31H,6-9,11-12,26H2,1-2H3/t14-,21?/m0/s1. The highest BCUT2D eigenvalue weighted by Crippen LogP contribution is 2.44. The van der Waals surface area contributed by atoms with Gasteiger partial charge in [0, 0.05) is 29.4 Å². The zero-order valence-corrected chi connectivity index (χ0v) is 20.9. The van der Waals surface area contributed by atoms with Gasteiger partial charge in [-0.25, -0.2) is 0 Å². The van der Waals surface area contributed by atoms with E-state index in [2.05, 4.69) is 35.0 Å². The van der Waals surface area contributed by atoms with Gasteiger partial charge in [-0.2, -0.15) is 0 Å². The molecule has 2 aliphatic heterocycles. The third-order valence-electron chi connectivity index (χ3n) is 7.07. The van der Waals surface area contributed by atoms with Crippen LogP contribution in [-0.4, -0.2) is 51.5 Å².